The largest absolute Gasteiger partial charge is 0.503 e. The molecule has 1 unspecified atom stereocenters. The number of hydrogen-bond acceptors (Lipinski definition) is 4. The standard InChI is InChI=1S/C24H22O5/c1-16-9-8-14-21(22(16)23(25)17-10-4-3-5-11-17)29-20-13-7-6-12-18(20)19(15-28-2)24(26)27/h3-15,23,25H,1-2H3,(H,26,27)/b19-15+. The van der Waals surface area contributed by atoms with Gasteiger partial charge in [0.1, 0.15) is 23.2 Å². The van der Waals surface area contributed by atoms with Crippen LogP contribution in [0, 0.1) is 6.92 Å². The molecule has 3 rings (SSSR count). The SMILES string of the molecule is CO/C=C(/C(=O)O)c1ccccc1Oc1cccc(C)c1C(O)c1ccccc1. The summed E-state index contributed by atoms with van der Waals surface area (Å²) in [5.74, 6) is -0.321. The lowest BCUT2D eigenvalue weighted by atomic mass is 9.96. The van der Waals surface area contributed by atoms with Crippen LogP contribution in [0.4, 0.5) is 0 Å². The van der Waals surface area contributed by atoms with Crippen molar-refractivity contribution < 1.29 is 24.5 Å². The summed E-state index contributed by atoms with van der Waals surface area (Å²) >= 11 is 0. The van der Waals surface area contributed by atoms with Crippen LogP contribution in [-0.2, 0) is 9.53 Å². The Balaban J connectivity index is 2.06. The number of aliphatic hydroxyl groups excluding tert-OH is 1. The van der Waals surface area contributed by atoms with Gasteiger partial charge >= 0.3 is 5.97 Å². The molecule has 0 saturated heterocycles. The average molecular weight is 390 g/mol. The van der Waals surface area contributed by atoms with E-state index in [-0.39, 0.29) is 5.57 Å². The quantitative estimate of drug-likeness (QED) is 0.441. The number of rotatable bonds is 7. The molecule has 0 bridgehead atoms. The van der Waals surface area contributed by atoms with Crippen LogP contribution in [0.15, 0.2) is 79.1 Å². The van der Waals surface area contributed by atoms with Crippen molar-refractivity contribution in [1.29, 1.82) is 0 Å². The number of hydrogen-bond donors (Lipinski definition) is 2. The van der Waals surface area contributed by atoms with Crippen molar-refractivity contribution >= 4 is 11.5 Å². The predicted octanol–water partition coefficient (Wildman–Crippen LogP) is 4.94. The third-order valence-corrected chi connectivity index (χ3v) is 4.54. The van der Waals surface area contributed by atoms with Crippen molar-refractivity contribution in [1.82, 2.24) is 0 Å². The Morgan fingerprint density at radius 1 is 0.931 bits per heavy atom. The van der Waals surface area contributed by atoms with E-state index >= 15 is 0 Å². The Kier molecular flexibility index (Phi) is 6.32. The molecule has 0 spiro atoms. The van der Waals surface area contributed by atoms with Crippen LogP contribution in [0.3, 0.4) is 0 Å². The van der Waals surface area contributed by atoms with Crippen LogP contribution in [0.2, 0.25) is 0 Å². The van der Waals surface area contributed by atoms with Crippen LogP contribution in [0.1, 0.15) is 28.4 Å². The number of benzene rings is 3. The van der Waals surface area contributed by atoms with E-state index < -0.39 is 12.1 Å². The molecule has 5 heteroatoms. The fraction of sp³-hybridized carbons (Fsp3) is 0.125. The molecule has 0 heterocycles. The average Bonchev–Trinajstić information content (AvgIpc) is 2.73. The molecule has 0 saturated carbocycles. The summed E-state index contributed by atoms with van der Waals surface area (Å²) in [4.78, 5) is 11.7. The summed E-state index contributed by atoms with van der Waals surface area (Å²) in [6.45, 7) is 1.90. The van der Waals surface area contributed by atoms with Gasteiger partial charge < -0.3 is 19.7 Å². The minimum Gasteiger partial charge on any atom is -0.503 e. The van der Waals surface area contributed by atoms with Crippen molar-refractivity contribution in [2.24, 2.45) is 0 Å². The van der Waals surface area contributed by atoms with Gasteiger partial charge in [0.25, 0.3) is 0 Å². The highest BCUT2D eigenvalue weighted by Crippen LogP contribution is 2.37. The summed E-state index contributed by atoms with van der Waals surface area (Å²) in [5, 5.41) is 20.5. The molecule has 0 aliphatic carbocycles. The molecule has 3 aromatic carbocycles. The first kappa shape index (κ1) is 20.2. The smallest absolute Gasteiger partial charge is 0.339 e. The van der Waals surface area contributed by atoms with Crippen LogP contribution >= 0.6 is 0 Å². The van der Waals surface area contributed by atoms with E-state index in [4.69, 9.17) is 9.47 Å². The highest BCUT2D eigenvalue weighted by Gasteiger charge is 2.21. The Morgan fingerprint density at radius 3 is 2.28 bits per heavy atom. The minimum atomic E-state index is -1.13. The molecule has 0 aliphatic rings. The first-order chi connectivity index (χ1) is 14.0. The van der Waals surface area contributed by atoms with E-state index in [2.05, 4.69) is 0 Å². The second-order valence-electron chi connectivity index (χ2n) is 6.47. The molecule has 0 amide bonds. The van der Waals surface area contributed by atoms with Crippen molar-refractivity contribution in [2.45, 2.75) is 13.0 Å². The Hall–Kier alpha value is -3.57. The van der Waals surface area contributed by atoms with Gasteiger partial charge in [-0.1, -0.05) is 60.7 Å². The summed E-state index contributed by atoms with van der Waals surface area (Å²) in [7, 11) is 1.39. The van der Waals surface area contributed by atoms with Gasteiger partial charge in [-0.2, -0.15) is 0 Å². The van der Waals surface area contributed by atoms with Gasteiger partial charge in [0.15, 0.2) is 0 Å². The van der Waals surface area contributed by atoms with E-state index in [1.54, 1.807) is 30.3 Å². The summed E-state index contributed by atoms with van der Waals surface area (Å²) in [5.41, 5.74) is 2.58. The number of para-hydroxylation sites is 1. The zero-order chi connectivity index (χ0) is 20.8. The predicted molar refractivity (Wildman–Crippen MR) is 111 cm³/mol. The number of carboxylic acid groups (broad SMARTS) is 1. The number of aryl methyl sites for hydroxylation is 1. The number of methoxy groups -OCH3 is 1. The number of aliphatic carboxylic acids is 1. The topological polar surface area (TPSA) is 76.0 Å². The highest BCUT2D eigenvalue weighted by atomic mass is 16.5. The van der Waals surface area contributed by atoms with Gasteiger partial charge in [0, 0.05) is 11.1 Å². The minimum absolute atomic E-state index is 0.0269. The molecule has 0 radical (unpaired) electrons. The molecule has 5 nitrogen and oxygen atoms in total. The van der Waals surface area contributed by atoms with Gasteiger partial charge in [-0.3, -0.25) is 0 Å². The zero-order valence-corrected chi connectivity index (χ0v) is 16.2. The lowest BCUT2D eigenvalue weighted by Gasteiger charge is -2.20. The first-order valence-corrected chi connectivity index (χ1v) is 9.09. The maximum absolute atomic E-state index is 11.7. The Labute approximate surface area is 169 Å². The fourth-order valence-electron chi connectivity index (χ4n) is 3.14. The van der Waals surface area contributed by atoms with Gasteiger partial charge in [0.05, 0.1) is 13.4 Å². The lowest BCUT2D eigenvalue weighted by Crippen LogP contribution is -2.06. The van der Waals surface area contributed by atoms with Gasteiger partial charge in [0.2, 0.25) is 0 Å². The molecule has 0 aromatic heterocycles. The van der Waals surface area contributed by atoms with Gasteiger partial charge in [-0.25, -0.2) is 4.79 Å². The maximum atomic E-state index is 11.7. The summed E-state index contributed by atoms with van der Waals surface area (Å²) in [6, 6.07) is 21.6. The number of carbonyl (C=O) groups is 1. The van der Waals surface area contributed by atoms with Gasteiger partial charge in [-0.15, -0.1) is 0 Å². The van der Waals surface area contributed by atoms with Crippen molar-refractivity contribution in [3.05, 3.63) is 101 Å². The van der Waals surface area contributed by atoms with Crippen molar-refractivity contribution in [3.63, 3.8) is 0 Å². The fourth-order valence-corrected chi connectivity index (χ4v) is 3.14. The summed E-state index contributed by atoms with van der Waals surface area (Å²) < 4.78 is 11.0. The van der Waals surface area contributed by atoms with Crippen LogP contribution in [-0.4, -0.2) is 23.3 Å². The van der Waals surface area contributed by atoms with Crippen molar-refractivity contribution in [3.8, 4) is 11.5 Å². The lowest BCUT2D eigenvalue weighted by molar-refractivity contribution is -0.130. The molecule has 29 heavy (non-hydrogen) atoms. The van der Waals surface area contributed by atoms with E-state index in [9.17, 15) is 15.0 Å². The Morgan fingerprint density at radius 2 is 1.59 bits per heavy atom. The molecular formula is C24H22O5. The second-order valence-corrected chi connectivity index (χ2v) is 6.47. The van der Waals surface area contributed by atoms with Crippen LogP contribution < -0.4 is 4.74 Å². The normalized spacial score (nSPS) is 12.3. The van der Waals surface area contributed by atoms with E-state index in [0.29, 0.717) is 22.6 Å². The third kappa shape index (κ3) is 4.47. The molecule has 0 aliphatic heterocycles. The molecule has 3 aromatic rings. The molecule has 1 atom stereocenters. The van der Waals surface area contributed by atoms with Crippen molar-refractivity contribution in [2.75, 3.05) is 7.11 Å². The molecule has 2 N–H and O–H groups in total. The highest BCUT2D eigenvalue weighted by molar-refractivity contribution is 6.15. The maximum Gasteiger partial charge on any atom is 0.339 e. The zero-order valence-electron chi connectivity index (χ0n) is 16.2. The second kappa shape index (κ2) is 9.08. The van der Waals surface area contributed by atoms with E-state index in [1.165, 1.54) is 13.4 Å². The van der Waals surface area contributed by atoms with E-state index in [1.807, 2.05) is 49.4 Å². The third-order valence-electron chi connectivity index (χ3n) is 4.54. The van der Waals surface area contributed by atoms with Gasteiger partial charge in [-0.05, 0) is 30.2 Å². The number of ether oxygens (including phenoxy) is 2. The number of aliphatic hydroxyl groups is 1. The number of carboxylic acids is 1. The molecule has 0 fully saturated rings. The monoisotopic (exact) mass is 390 g/mol. The summed E-state index contributed by atoms with van der Waals surface area (Å²) in [6.07, 6.45) is 0.286. The van der Waals surface area contributed by atoms with E-state index in [0.717, 1.165) is 11.1 Å². The molecule has 148 valence electrons. The van der Waals surface area contributed by atoms with Crippen LogP contribution in [0.25, 0.3) is 5.57 Å². The first-order valence-electron chi connectivity index (χ1n) is 9.09. The Bertz CT molecular complexity index is 1020. The molecular weight excluding hydrogens is 368 g/mol. The van der Waals surface area contributed by atoms with Crippen LogP contribution in [0.5, 0.6) is 11.5 Å².